The summed E-state index contributed by atoms with van der Waals surface area (Å²) in [6.45, 7) is 1.93. The van der Waals surface area contributed by atoms with Crippen molar-refractivity contribution in [1.82, 2.24) is 19.2 Å². The van der Waals surface area contributed by atoms with E-state index in [9.17, 15) is 9.18 Å². The average molecular weight is 370 g/mol. The van der Waals surface area contributed by atoms with Gasteiger partial charge in [-0.05, 0) is 36.8 Å². The summed E-state index contributed by atoms with van der Waals surface area (Å²) in [6, 6.07) is 17.7. The van der Waals surface area contributed by atoms with E-state index in [0.29, 0.717) is 22.2 Å². The molecule has 0 aliphatic rings. The Hall–Kier alpha value is -3.80. The van der Waals surface area contributed by atoms with Crippen LogP contribution < -0.4 is 5.56 Å². The predicted octanol–water partition coefficient (Wildman–Crippen LogP) is 4.15. The molecule has 0 aliphatic heterocycles. The van der Waals surface area contributed by atoms with Crippen molar-refractivity contribution in [3.63, 3.8) is 0 Å². The first-order valence-electron chi connectivity index (χ1n) is 8.84. The highest BCUT2D eigenvalue weighted by Crippen LogP contribution is 2.28. The molecule has 6 heteroatoms. The van der Waals surface area contributed by atoms with Gasteiger partial charge in [-0.1, -0.05) is 36.4 Å². The molecule has 0 saturated carbocycles. The van der Waals surface area contributed by atoms with Gasteiger partial charge in [-0.3, -0.25) is 9.36 Å². The molecule has 136 valence electrons. The van der Waals surface area contributed by atoms with Crippen LogP contribution in [-0.4, -0.2) is 19.2 Å². The fraction of sp³-hybridized carbons (Fsp3) is 0.0455. The number of hydrogen-bond donors (Lipinski definition) is 0. The van der Waals surface area contributed by atoms with Crippen LogP contribution in [0.1, 0.15) is 5.69 Å². The summed E-state index contributed by atoms with van der Waals surface area (Å²) < 4.78 is 16.7. The van der Waals surface area contributed by atoms with Gasteiger partial charge in [0.2, 0.25) is 0 Å². The number of hydrogen-bond acceptors (Lipinski definition) is 3. The van der Waals surface area contributed by atoms with E-state index in [1.54, 1.807) is 35.1 Å². The van der Waals surface area contributed by atoms with E-state index in [2.05, 4.69) is 10.1 Å². The smallest absolute Gasteiger partial charge is 0.266 e. The Kier molecular flexibility index (Phi) is 3.58. The molecular formula is C22H15FN4O. The average Bonchev–Trinajstić information content (AvgIpc) is 3.05. The number of benzene rings is 2. The molecule has 0 bridgehead atoms. The van der Waals surface area contributed by atoms with Crippen LogP contribution in [-0.2, 0) is 0 Å². The van der Waals surface area contributed by atoms with Crippen molar-refractivity contribution in [3.05, 3.63) is 94.9 Å². The second kappa shape index (κ2) is 6.13. The monoisotopic (exact) mass is 370 g/mol. The fourth-order valence-electron chi connectivity index (χ4n) is 3.55. The molecule has 0 aliphatic carbocycles. The molecule has 0 saturated heterocycles. The van der Waals surface area contributed by atoms with E-state index >= 15 is 0 Å². The minimum atomic E-state index is -0.395. The van der Waals surface area contributed by atoms with Crippen molar-refractivity contribution in [2.45, 2.75) is 6.92 Å². The highest BCUT2D eigenvalue weighted by atomic mass is 19.1. The van der Waals surface area contributed by atoms with Gasteiger partial charge in [0.25, 0.3) is 5.56 Å². The number of aromatic nitrogens is 4. The summed E-state index contributed by atoms with van der Waals surface area (Å²) in [5.41, 5.74) is 4.35. The molecule has 2 aromatic carbocycles. The van der Waals surface area contributed by atoms with Crippen molar-refractivity contribution < 1.29 is 4.39 Å². The molecule has 3 heterocycles. The van der Waals surface area contributed by atoms with Crippen LogP contribution in [0.5, 0.6) is 0 Å². The van der Waals surface area contributed by atoms with Gasteiger partial charge in [-0.25, -0.2) is 13.9 Å². The van der Waals surface area contributed by atoms with Crippen molar-refractivity contribution in [3.8, 4) is 16.8 Å². The standard InChI is InChI=1S/C22H15FN4O/c1-14-20(15-6-3-2-4-7-15)21-24-13-18-19(27(21)25-14)10-11-26(22(18)28)17-9-5-8-16(23)12-17/h2-13H,1H3. The number of aryl methyl sites for hydroxylation is 1. The number of fused-ring (bicyclic) bond motifs is 3. The molecule has 5 nitrogen and oxygen atoms in total. The third-order valence-corrected chi connectivity index (χ3v) is 4.84. The van der Waals surface area contributed by atoms with E-state index in [0.717, 1.165) is 16.8 Å². The van der Waals surface area contributed by atoms with E-state index < -0.39 is 5.82 Å². The fourth-order valence-corrected chi connectivity index (χ4v) is 3.55. The van der Waals surface area contributed by atoms with E-state index in [-0.39, 0.29) is 5.56 Å². The largest absolute Gasteiger partial charge is 0.284 e. The van der Waals surface area contributed by atoms with Crippen LogP contribution in [0, 0.1) is 12.7 Å². The van der Waals surface area contributed by atoms with Crippen molar-refractivity contribution in [2.75, 3.05) is 0 Å². The zero-order valence-corrected chi connectivity index (χ0v) is 15.0. The predicted molar refractivity (Wildman–Crippen MR) is 106 cm³/mol. The van der Waals surface area contributed by atoms with Gasteiger partial charge in [-0.15, -0.1) is 0 Å². The molecule has 3 aromatic heterocycles. The van der Waals surface area contributed by atoms with E-state index in [4.69, 9.17) is 0 Å². The second-order valence-corrected chi connectivity index (χ2v) is 6.59. The summed E-state index contributed by atoms with van der Waals surface area (Å²) in [4.78, 5) is 17.5. The Bertz CT molecular complexity index is 1400. The van der Waals surface area contributed by atoms with E-state index in [1.165, 1.54) is 16.7 Å². The Labute approximate surface area is 159 Å². The minimum Gasteiger partial charge on any atom is -0.284 e. The summed E-state index contributed by atoms with van der Waals surface area (Å²) in [5.74, 6) is -0.395. The molecule has 5 aromatic rings. The zero-order chi connectivity index (χ0) is 19.3. The molecule has 0 atom stereocenters. The van der Waals surface area contributed by atoms with Crippen LogP contribution in [0.2, 0.25) is 0 Å². The van der Waals surface area contributed by atoms with Crippen LogP contribution in [0.25, 0.3) is 33.4 Å². The Morgan fingerprint density at radius 3 is 2.61 bits per heavy atom. The lowest BCUT2D eigenvalue weighted by Gasteiger charge is -2.08. The Morgan fingerprint density at radius 2 is 1.82 bits per heavy atom. The highest BCUT2D eigenvalue weighted by Gasteiger charge is 2.16. The van der Waals surface area contributed by atoms with Crippen molar-refractivity contribution in [1.29, 1.82) is 0 Å². The van der Waals surface area contributed by atoms with Crippen LogP contribution in [0.3, 0.4) is 0 Å². The molecule has 0 spiro atoms. The van der Waals surface area contributed by atoms with Gasteiger partial charge in [-0.2, -0.15) is 5.10 Å². The van der Waals surface area contributed by atoms with Crippen LogP contribution >= 0.6 is 0 Å². The summed E-state index contributed by atoms with van der Waals surface area (Å²) in [6.07, 6.45) is 3.20. The molecule has 5 rings (SSSR count). The van der Waals surface area contributed by atoms with Crippen molar-refractivity contribution >= 4 is 16.6 Å². The first-order valence-corrected chi connectivity index (χ1v) is 8.84. The number of halogens is 1. The van der Waals surface area contributed by atoms with Gasteiger partial charge in [0, 0.05) is 18.0 Å². The number of pyridine rings is 1. The third-order valence-electron chi connectivity index (χ3n) is 4.84. The lowest BCUT2D eigenvalue weighted by Crippen LogP contribution is -2.19. The maximum Gasteiger partial charge on any atom is 0.266 e. The molecule has 0 fully saturated rings. The number of nitrogens with zero attached hydrogens (tertiary/aromatic N) is 4. The third kappa shape index (κ3) is 2.42. The zero-order valence-electron chi connectivity index (χ0n) is 15.0. The van der Waals surface area contributed by atoms with Crippen LogP contribution in [0.15, 0.2) is 77.9 Å². The quantitative estimate of drug-likeness (QED) is 0.469. The van der Waals surface area contributed by atoms with Gasteiger partial charge in [0.05, 0.1) is 22.3 Å². The highest BCUT2D eigenvalue weighted by molar-refractivity contribution is 5.86. The molecule has 0 N–H and O–H groups in total. The first kappa shape index (κ1) is 16.4. The molecule has 0 unspecified atom stereocenters. The lowest BCUT2D eigenvalue weighted by atomic mass is 10.1. The van der Waals surface area contributed by atoms with Gasteiger partial charge < -0.3 is 0 Å². The maximum absolute atomic E-state index is 13.6. The molecule has 0 amide bonds. The SMILES string of the molecule is Cc1nn2c(ncc3c(=O)n(-c4cccc(F)c4)ccc32)c1-c1ccccc1. The van der Waals surface area contributed by atoms with Gasteiger partial charge in [0.1, 0.15) is 5.82 Å². The Balaban J connectivity index is 1.79. The normalized spacial score (nSPS) is 11.4. The van der Waals surface area contributed by atoms with Crippen molar-refractivity contribution in [2.24, 2.45) is 0 Å². The molecular weight excluding hydrogens is 355 g/mol. The van der Waals surface area contributed by atoms with Crippen LogP contribution in [0.4, 0.5) is 4.39 Å². The van der Waals surface area contributed by atoms with E-state index in [1.807, 2.05) is 37.3 Å². The lowest BCUT2D eigenvalue weighted by molar-refractivity contribution is 0.626. The first-order chi connectivity index (χ1) is 13.6. The van der Waals surface area contributed by atoms with Gasteiger partial charge in [0.15, 0.2) is 5.65 Å². The molecule has 0 radical (unpaired) electrons. The Morgan fingerprint density at radius 1 is 1.00 bits per heavy atom. The molecule has 28 heavy (non-hydrogen) atoms. The maximum atomic E-state index is 13.6. The minimum absolute atomic E-state index is 0.271. The summed E-state index contributed by atoms with van der Waals surface area (Å²) >= 11 is 0. The summed E-state index contributed by atoms with van der Waals surface area (Å²) in [7, 11) is 0. The van der Waals surface area contributed by atoms with Gasteiger partial charge >= 0.3 is 0 Å². The second-order valence-electron chi connectivity index (χ2n) is 6.59. The number of rotatable bonds is 2. The summed E-state index contributed by atoms with van der Waals surface area (Å²) in [5, 5.41) is 5.04. The topological polar surface area (TPSA) is 52.2 Å².